The summed E-state index contributed by atoms with van der Waals surface area (Å²) in [5.74, 6) is 1.04. The van der Waals surface area contributed by atoms with E-state index in [0.29, 0.717) is 11.5 Å². The number of carbonyl (C=O) groups is 2. The molecule has 25 heavy (non-hydrogen) atoms. The molecule has 3 N–H and O–H groups in total. The molecular weight excluding hydrogens is 322 g/mol. The minimum atomic E-state index is -0.268. The average molecular weight is 345 g/mol. The number of carbonyl (C=O) groups excluding carboxylic acids is 2. The second kappa shape index (κ2) is 7.47. The Labute approximate surface area is 145 Å². The van der Waals surface area contributed by atoms with Gasteiger partial charge in [0.25, 0.3) is 5.91 Å². The van der Waals surface area contributed by atoms with Crippen molar-refractivity contribution in [3.8, 4) is 0 Å². The van der Waals surface area contributed by atoms with E-state index in [1.807, 2.05) is 17.8 Å². The Balaban J connectivity index is 1.49. The number of nitrogens with one attached hydrogen (secondary N) is 3. The maximum absolute atomic E-state index is 12.4. The normalized spacial score (nSPS) is 15.9. The van der Waals surface area contributed by atoms with Crippen LogP contribution in [0, 0.1) is 5.92 Å². The molecule has 134 valence electrons. The number of hydrogen-bond donors (Lipinski definition) is 3. The second-order valence-electron chi connectivity index (χ2n) is 6.24. The second-order valence-corrected chi connectivity index (χ2v) is 6.24. The Kier molecular flexibility index (Phi) is 5.13. The fraction of sp³-hybridized carbons (Fsp3) is 0.500. The molecule has 1 saturated heterocycles. The van der Waals surface area contributed by atoms with E-state index in [4.69, 9.17) is 0 Å². The van der Waals surface area contributed by atoms with Crippen LogP contribution in [0.15, 0.2) is 18.5 Å². The predicted octanol–water partition coefficient (Wildman–Crippen LogP) is 0.353. The summed E-state index contributed by atoms with van der Waals surface area (Å²) in [5, 5.41) is 11.8. The van der Waals surface area contributed by atoms with Gasteiger partial charge in [-0.3, -0.25) is 19.6 Å². The molecule has 0 unspecified atom stereocenters. The van der Waals surface area contributed by atoms with Gasteiger partial charge in [-0.05, 0) is 25.9 Å². The Bertz CT molecular complexity index is 743. The molecule has 3 heterocycles. The standard InChI is InChI=1S/C16H23N7O2/c1-17-16(25)12-9-13(21-20-12)19-15(24)11-3-6-23(7-4-11)10-14-18-5-8-22(14)2/h5,8-9,11H,3-4,6-7,10H2,1-2H3,(H,17,25)(H2,19,20,21,24). The van der Waals surface area contributed by atoms with Gasteiger partial charge in [-0.2, -0.15) is 5.10 Å². The van der Waals surface area contributed by atoms with E-state index in [1.165, 1.54) is 6.07 Å². The number of aromatic amines is 1. The minimum absolute atomic E-state index is 0.0437. The predicted molar refractivity (Wildman–Crippen MR) is 91.8 cm³/mol. The lowest BCUT2D eigenvalue weighted by molar-refractivity contribution is -0.121. The van der Waals surface area contributed by atoms with Gasteiger partial charge in [-0.1, -0.05) is 0 Å². The maximum Gasteiger partial charge on any atom is 0.269 e. The molecule has 2 amide bonds. The Hall–Kier alpha value is -2.68. The quantitative estimate of drug-likeness (QED) is 0.725. The molecule has 0 aromatic carbocycles. The SMILES string of the molecule is CNC(=O)c1cc(NC(=O)C2CCN(Cc3nccn3C)CC2)n[nH]1. The third-order valence-corrected chi connectivity index (χ3v) is 4.55. The van der Waals surface area contributed by atoms with Crippen LogP contribution >= 0.6 is 0 Å². The van der Waals surface area contributed by atoms with Crippen LogP contribution in [0.3, 0.4) is 0 Å². The van der Waals surface area contributed by atoms with Crippen molar-refractivity contribution in [2.24, 2.45) is 13.0 Å². The summed E-state index contributed by atoms with van der Waals surface area (Å²) in [5.41, 5.74) is 0.322. The highest BCUT2D eigenvalue weighted by Crippen LogP contribution is 2.20. The number of likely N-dealkylation sites (tertiary alicyclic amines) is 1. The first-order chi connectivity index (χ1) is 12.1. The van der Waals surface area contributed by atoms with Crippen molar-refractivity contribution in [1.82, 2.24) is 30.0 Å². The topological polar surface area (TPSA) is 108 Å². The fourth-order valence-corrected chi connectivity index (χ4v) is 2.97. The number of imidazole rings is 1. The number of nitrogens with zero attached hydrogens (tertiary/aromatic N) is 4. The smallest absolute Gasteiger partial charge is 0.269 e. The van der Waals surface area contributed by atoms with Gasteiger partial charge in [0.1, 0.15) is 11.5 Å². The fourth-order valence-electron chi connectivity index (χ4n) is 2.97. The molecule has 3 rings (SSSR count). The van der Waals surface area contributed by atoms with Crippen LogP contribution in [0.1, 0.15) is 29.2 Å². The number of aromatic nitrogens is 4. The van der Waals surface area contributed by atoms with Gasteiger partial charge in [-0.25, -0.2) is 4.98 Å². The van der Waals surface area contributed by atoms with Gasteiger partial charge in [0.15, 0.2) is 5.82 Å². The lowest BCUT2D eigenvalue weighted by atomic mass is 9.96. The Morgan fingerprint density at radius 2 is 2.12 bits per heavy atom. The highest BCUT2D eigenvalue weighted by Gasteiger charge is 2.26. The number of aryl methyl sites for hydroxylation is 1. The molecule has 0 spiro atoms. The van der Waals surface area contributed by atoms with Crippen molar-refractivity contribution in [3.63, 3.8) is 0 Å². The van der Waals surface area contributed by atoms with Crippen molar-refractivity contribution >= 4 is 17.6 Å². The van der Waals surface area contributed by atoms with Crippen LogP contribution in [0.5, 0.6) is 0 Å². The van der Waals surface area contributed by atoms with Crippen molar-refractivity contribution in [2.45, 2.75) is 19.4 Å². The average Bonchev–Trinajstić information content (AvgIpc) is 3.24. The third kappa shape index (κ3) is 4.05. The molecular formula is C16H23N7O2. The summed E-state index contributed by atoms with van der Waals surface area (Å²) >= 11 is 0. The van der Waals surface area contributed by atoms with E-state index in [0.717, 1.165) is 38.3 Å². The summed E-state index contributed by atoms with van der Waals surface area (Å²) in [7, 11) is 3.53. The lowest BCUT2D eigenvalue weighted by Gasteiger charge is -2.30. The molecule has 0 atom stereocenters. The van der Waals surface area contributed by atoms with E-state index in [1.54, 1.807) is 13.2 Å². The zero-order valence-electron chi connectivity index (χ0n) is 14.5. The van der Waals surface area contributed by atoms with Gasteiger partial charge in [0.05, 0.1) is 6.54 Å². The Morgan fingerprint density at radius 3 is 2.76 bits per heavy atom. The largest absolute Gasteiger partial charge is 0.354 e. The molecule has 2 aromatic heterocycles. The van der Waals surface area contributed by atoms with Crippen LogP contribution in [0.2, 0.25) is 0 Å². The van der Waals surface area contributed by atoms with Crippen molar-refractivity contribution < 1.29 is 9.59 Å². The van der Waals surface area contributed by atoms with Gasteiger partial charge in [0, 0.05) is 38.5 Å². The lowest BCUT2D eigenvalue weighted by Crippen LogP contribution is -2.38. The first-order valence-corrected chi connectivity index (χ1v) is 8.33. The number of rotatable bonds is 5. The molecule has 0 saturated carbocycles. The molecule has 0 aliphatic carbocycles. The number of amides is 2. The summed E-state index contributed by atoms with van der Waals surface area (Å²) in [4.78, 5) is 30.5. The van der Waals surface area contributed by atoms with Gasteiger partial charge in [0.2, 0.25) is 5.91 Å². The number of piperidine rings is 1. The monoisotopic (exact) mass is 345 g/mol. The van der Waals surface area contributed by atoms with Crippen LogP contribution in [-0.2, 0) is 18.4 Å². The summed E-state index contributed by atoms with van der Waals surface area (Å²) in [6.07, 6.45) is 5.32. The zero-order valence-corrected chi connectivity index (χ0v) is 14.5. The molecule has 0 radical (unpaired) electrons. The number of hydrogen-bond acceptors (Lipinski definition) is 5. The van der Waals surface area contributed by atoms with Crippen LogP contribution in [0.25, 0.3) is 0 Å². The van der Waals surface area contributed by atoms with E-state index < -0.39 is 0 Å². The van der Waals surface area contributed by atoms with E-state index in [2.05, 4.69) is 30.7 Å². The van der Waals surface area contributed by atoms with Crippen molar-refractivity contribution in [1.29, 1.82) is 0 Å². The molecule has 1 aliphatic rings. The summed E-state index contributed by atoms with van der Waals surface area (Å²) < 4.78 is 2.01. The molecule has 9 nitrogen and oxygen atoms in total. The molecule has 0 bridgehead atoms. The molecule has 2 aromatic rings. The van der Waals surface area contributed by atoms with Crippen molar-refractivity contribution in [2.75, 3.05) is 25.5 Å². The van der Waals surface area contributed by atoms with E-state index in [9.17, 15) is 9.59 Å². The van der Waals surface area contributed by atoms with Crippen LogP contribution in [-0.4, -0.2) is 56.6 Å². The first kappa shape index (κ1) is 17.2. The van der Waals surface area contributed by atoms with Crippen LogP contribution in [0.4, 0.5) is 5.82 Å². The summed E-state index contributed by atoms with van der Waals surface area (Å²) in [6.45, 7) is 2.51. The highest BCUT2D eigenvalue weighted by molar-refractivity contribution is 5.95. The molecule has 1 aliphatic heterocycles. The maximum atomic E-state index is 12.4. The summed E-state index contributed by atoms with van der Waals surface area (Å²) in [6, 6.07) is 1.53. The van der Waals surface area contributed by atoms with Gasteiger partial charge >= 0.3 is 0 Å². The Morgan fingerprint density at radius 1 is 1.36 bits per heavy atom. The first-order valence-electron chi connectivity index (χ1n) is 8.33. The van der Waals surface area contributed by atoms with E-state index in [-0.39, 0.29) is 17.7 Å². The number of H-pyrrole nitrogens is 1. The van der Waals surface area contributed by atoms with E-state index >= 15 is 0 Å². The molecule has 1 fully saturated rings. The highest BCUT2D eigenvalue weighted by atomic mass is 16.2. The van der Waals surface area contributed by atoms with Crippen LogP contribution < -0.4 is 10.6 Å². The minimum Gasteiger partial charge on any atom is -0.354 e. The van der Waals surface area contributed by atoms with Gasteiger partial charge in [-0.15, -0.1) is 0 Å². The van der Waals surface area contributed by atoms with Crippen molar-refractivity contribution in [3.05, 3.63) is 30.0 Å². The zero-order chi connectivity index (χ0) is 17.8. The molecule has 9 heteroatoms. The van der Waals surface area contributed by atoms with Gasteiger partial charge < -0.3 is 15.2 Å². The third-order valence-electron chi connectivity index (χ3n) is 4.55. The number of anilines is 1.